The summed E-state index contributed by atoms with van der Waals surface area (Å²) in [6.45, 7) is 6.92. The fourth-order valence-electron chi connectivity index (χ4n) is 1.88. The molecule has 0 spiro atoms. The van der Waals surface area contributed by atoms with E-state index in [1.807, 2.05) is 6.07 Å². The predicted octanol–water partition coefficient (Wildman–Crippen LogP) is 2.58. The molecule has 4 heteroatoms. The highest BCUT2D eigenvalue weighted by Gasteiger charge is 2.05. The third-order valence-corrected chi connectivity index (χ3v) is 3.96. The van der Waals surface area contributed by atoms with E-state index in [9.17, 15) is 5.11 Å². The Labute approximate surface area is 120 Å². The summed E-state index contributed by atoms with van der Waals surface area (Å²) in [7, 11) is 0. The van der Waals surface area contributed by atoms with Gasteiger partial charge in [0.25, 0.3) is 0 Å². The number of aliphatic hydroxyl groups excluding tert-OH is 2. The van der Waals surface area contributed by atoms with Gasteiger partial charge in [0, 0.05) is 11.5 Å². The number of thioether (sulfide) groups is 1. The van der Waals surface area contributed by atoms with Gasteiger partial charge in [-0.3, -0.25) is 0 Å². The van der Waals surface area contributed by atoms with Crippen LogP contribution in [0.3, 0.4) is 0 Å². The average Bonchev–Trinajstić information content (AvgIpc) is 2.37. The molecule has 1 atom stereocenters. The zero-order chi connectivity index (χ0) is 14.3. The highest BCUT2D eigenvalue weighted by molar-refractivity contribution is 7.99. The Balaban J connectivity index is 2.32. The molecule has 1 rings (SSSR count). The molecule has 2 N–H and O–H groups in total. The van der Waals surface area contributed by atoms with Crippen LogP contribution in [0.5, 0.6) is 5.75 Å². The number of aryl methyl sites for hydroxylation is 1. The van der Waals surface area contributed by atoms with Crippen molar-refractivity contribution in [3.05, 3.63) is 29.3 Å². The van der Waals surface area contributed by atoms with Crippen LogP contribution in [-0.4, -0.2) is 41.0 Å². The van der Waals surface area contributed by atoms with Gasteiger partial charge in [0.1, 0.15) is 5.75 Å². The number of aliphatic hydroxyl groups is 2. The van der Waals surface area contributed by atoms with Gasteiger partial charge < -0.3 is 14.9 Å². The fourth-order valence-corrected chi connectivity index (χ4v) is 2.62. The van der Waals surface area contributed by atoms with Crippen LogP contribution in [0, 0.1) is 6.92 Å². The lowest BCUT2D eigenvalue weighted by Gasteiger charge is -2.12. The Morgan fingerprint density at radius 1 is 1.32 bits per heavy atom. The van der Waals surface area contributed by atoms with E-state index in [1.54, 1.807) is 11.8 Å². The van der Waals surface area contributed by atoms with Gasteiger partial charge in [-0.1, -0.05) is 19.9 Å². The van der Waals surface area contributed by atoms with Gasteiger partial charge in [-0.05, 0) is 36.1 Å². The molecule has 108 valence electrons. The van der Waals surface area contributed by atoms with E-state index in [-0.39, 0.29) is 6.61 Å². The second-order valence-electron chi connectivity index (χ2n) is 4.93. The minimum absolute atomic E-state index is 0.177. The molecule has 0 radical (unpaired) electrons. The maximum atomic E-state index is 9.18. The van der Waals surface area contributed by atoms with E-state index >= 15 is 0 Å². The van der Waals surface area contributed by atoms with Gasteiger partial charge >= 0.3 is 0 Å². The summed E-state index contributed by atoms with van der Waals surface area (Å²) in [4.78, 5) is 0. The molecule has 0 amide bonds. The lowest BCUT2D eigenvalue weighted by Crippen LogP contribution is -2.15. The fraction of sp³-hybridized carbons (Fsp3) is 0.600. The second kappa shape index (κ2) is 8.46. The largest absolute Gasteiger partial charge is 0.493 e. The summed E-state index contributed by atoms with van der Waals surface area (Å²) in [6.07, 6.45) is -0.627. The van der Waals surface area contributed by atoms with Gasteiger partial charge in [-0.15, -0.1) is 0 Å². The predicted molar refractivity (Wildman–Crippen MR) is 81.2 cm³/mol. The molecule has 0 aromatic heterocycles. The molecule has 1 unspecified atom stereocenters. The maximum absolute atomic E-state index is 9.18. The minimum atomic E-state index is -0.627. The van der Waals surface area contributed by atoms with Crippen molar-refractivity contribution >= 4 is 11.8 Å². The van der Waals surface area contributed by atoms with E-state index in [1.165, 1.54) is 11.1 Å². The Morgan fingerprint density at radius 3 is 2.63 bits per heavy atom. The van der Waals surface area contributed by atoms with E-state index in [0.29, 0.717) is 18.3 Å². The lowest BCUT2D eigenvalue weighted by atomic mass is 9.98. The molecule has 0 saturated carbocycles. The van der Waals surface area contributed by atoms with Crippen LogP contribution in [0.15, 0.2) is 18.2 Å². The summed E-state index contributed by atoms with van der Waals surface area (Å²) in [5.74, 6) is 2.78. The van der Waals surface area contributed by atoms with Gasteiger partial charge in [-0.25, -0.2) is 0 Å². The molecule has 0 heterocycles. The number of hydrogen-bond acceptors (Lipinski definition) is 4. The molecule has 0 aliphatic heterocycles. The topological polar surface area (TPSA) is 49.7 Å². The number of hydrogen-bond donors (Lipinski definition) is 2. The van der Waals surface area contributed by atoms with Gasteiger partial charge in [0.15, 0.2) is 0 Å². The molecule has 0 fully saturated rings. The van der Waals surface area contributed by atoms with Crippen LogP contribution in [0.1, 0.15) is 30.9 Å². The van der Waals surface area contributed by atoms with E-state index < -0.39 is 6.10 Å². The first-order chi connectivity index (χ1) is 9.04. The van der Waals surface area contributed by atoms with Gasteiger partial charge in [0.05, 0.1) is 19.3 Å². The van der Waals surface area contributed by atoms with Crippen LogP contribution in [0.4, 0.5) is 0 Å². The van der Waals surface area contributed by atoms with E-state index in [4.69, 9.17) is 9.84 Å². The van der Waals surface area contributed by atoms with Crippen molar-refractivity contribution in [2.75, 3.05) is 24.7 Å². The Hall–Kier alpha value is -0.710. The summed E-state index contributed by atoms with van der Waals surface area (Å²) >= 11 is 1.58. The Kier molecular flexibility index (Phi) is 7.28. The van der Waals surface area contributed by atoms with Crippen molar-refractivity contribution in [2.24, 2.45) is 0 Å². The second-order valence-corrected chi connectivity index (χ2v) is 6.08. The quantitative estimate of drug-likeness (QED) is 0.720. The van der Waals surface area contributed by atoms with E-state index in [2.05, 4.69) is 32.9 Å². The highest BCUT2D eigenvalue weighted by atomic mass is 32.2. The minimum Gasteiger partial charge on any atom is -0.493 e. The Bertz CT molecular complexity index is 380. The molecule has 0 aliphatic rings. The molecule has 0 bridgehead atoms. The van der Waals surface area contributed by atoms with Crippen molar-refractivity contribution in [1.82, 2.24) is 0 Å². The zero-order valence-corrected chi connectivity index (χ0v) is 12.7. The SMILES string of the molecule is Cc1cc(OCCSCC(O)CO)ccc1C(C)C. The number of benzene rings is 1. The monoisotopic (exact) mass is 284 g/mol. The third kappa shape index (κ3) is 5.85. The molecular weight excluding hydrogens is 260 g/mol. The van der Waals surface area contributed by atoms with Crippen LogP contribution >= 0.6 is 11.8 Å². The van der Waals surface area contributed by atoms with Crippen molar-refractivity contribution in [3.63, 3.8) is 0 Å². The van der Waals surface area contributed by atoms with Crippen molar-refractivity contribution in [3.8, 4) is 5.75 Å². The van der Waals surface area contributed by atoms with Crippen LogP contribution < -0.4 is 4.74 Å². The molecule has 0 aliphatic carbocycles. The standard InChI is InChI=1S/C15H24O3S/c1-11(2)15-5-4-14(8-12(15)3)18-6-7-19-10-13(17)9-16/h4-5,8,11,13,16-17H,6-7,9-10H2,1-3H3. The van der Waals surface area contributed by atoms with Gasteiger partial charge in [0.2, 0.25) is 0 Å². The number of ether oxygens (including phenoxy) is 1. The average molecular weight is 284 g/mol. The normalized spacial score (nSPS) is 12.7. The smallest absolute Gasteiger partial charge is 0.119 e. The van der Waals surface area contributed by atoms with E-state index in [0.717, 1.165) is 11.5 Å². The van der Waals surface area contributed by atoms with Gasteiger partial charge in [-0.2, -0.15) is 11.8 Å². The summed E-state index contributed by atoms with van der Waals surface area (Å²) in [6, 6.07) is 6.20. The lowest BCUT2D eigenvalue weighted by molar-refractivity contribution is 0.113. The zero-order valence-electron chi connectivity index (χ0n) is 11.9. The maximum Gasteiger partial charge on any atom is 0.119 e. The molecular formula is C15H24O3S. The summed E-state index contributed by atoms with van der Waals surface area (Å²) in [5.41, 5.74) is 2.61. The molecule has 19 heavy (non-hydrogen) atoms. The number of rotatable bonds is 8. The third-order valence-electron chi connectivity index (χ3n) is 2.88. The first-order valence-electron chi connectivity index (χ1n) is 6.64. The molecule has 1 aromatic carbocycles. The molecule has 3 nitrogen and oxygen atoms in total. The molecule has 0 saturated heterocycles. The first kappa shape index (κ1) is 16.3. The summed E-state index contributed by atoms with van der Waals surface area (Å²) < 4.78 is 5.67. The van der Waals surface area contributed by atoms with Crippen molar-refractivity contribution < 1.29 is 14.9 Å². The van der Waals surface area contributed by atoms with Crippen LogP contribution in [0.2, 0.25) is 0 Å². The summed E-state index contributed by atoms with van der Waals surface area (Å²) in [5, 5.41) is 17.9. The van der Waals surface area contributed by atoms with Crippen molar-refractivity contribution in [1.29, 1.82) is 0 Å². The van der Waals surface area contributed by atoms with Crippen LogP contribution in [0.25, 0.3) is 0 Å². The Morgan fingerprint density at radius 2 is 2.05 bits per heavy atom. The highest BCUT2D eigenvalue weighted by Crippen LogP contribution is 2.23. The van der Waals surface area contributed by atoms with Crippen molar-refractivity contribution in [2.45, 2.75) is 32.8 Å². The molecule has 1 aromatic rings. The first-order valence-corrected chi connectivity index (χ1v) is 7.80. The van der Waals surface area contributed by atoms with Crippen LogP contribution in [-0.2, 0) is 0 Å².